The third kappa shape index (κ3) is 61.8. The Morgan fingerprint density at radius 1 is 0.355 bits per heavy atom. The van der Waals surface area contributed by atoms with E-state index in [1.807, 2.05) is 0 Å². The van der Waals surface area contributed by atoms with Crippen LogP contribution in [-0.2, 0) is 14.3 Å². The van der Waals surface area contributed by atoms with Crippen LogP contribution in [-0.4, -0.2) is 47.4 Å². The van der Waals surface area contributed by atoms with Crippen LogP contribution in [0.1, 0.15) is 399 Å². The quantitative estimate of drug-likeness (QED) is 0.0320. The summed E-state index contributed by atoms with van der Waals surface area (Å²) in [5.41, 5.74) is 0. The maximum Gasteiger partial charge on any atom is 0.305 e. The molecule has 0 rings (SSSR count). The molecule has 0 bridgehead atoms. The first-order valence-electron chi connectivity index (χ1n) is 34.9. The van der Waals surface area contributed by atoms with Crippen molar-refractivity contribution in [1.29, 1.82) is 0 Å². The number of rotatable bonds is 66. The van der Waals surface area contributed by atoms with Crippen molar-refractivity contribution in [2.75, 3.05) is 13.2 Å². The summed E-state index contributed by atoms with van der Waals surface area (Å²) >= 11 is 0. The molecule has 0 aliphatic carbocycles. The summed E-state index contributed by atoms with van der Waals surface area (Å²) in [6.45, 7) is 4.99. The normalized spacial score (nSPS) is 12.5. The van der Waals surface area contributed by atoms with Gasteiger partial charge in [-0.2, -0.15) is 0 Å². The molecule has 76 heavy (non-hydrogen) atoms. The molecule has 6 nitrogen and oxygen atoms in total. The van der Waals surface area contributed by atoms with E-state index in [1.54, 1.807) is 0 Å². The van der Waals surface area contributed by atoms with Crippen LogP contribution in [0.5, 0.6) is 0 Å². The molecule has 0 saturated carbocycles. The van der Waals surface area contributed by atoms with Crippen molar-refractivity contribution in [3.63, 3.8) is 0 Å². The van der Waals surface area contributed by atoms with Gasteiger partial charge in [-0.25, -0.2) is 0 Å². The summed E-state index contributed by atoms with van der Waals surface area (Å²) in [7, 11) is 0. The summed E-state index contributed by atoms with van der Waals surface area (Å²) < 4.78 is 5.49. The number of ether oxygens (including phenoxy) is 1. The van der Waals surface area contributed by atoms with Crippen LogP contribution in [0, 0.1) is 0 Å². The van der Waals surface area contributed by atoms with Gasteiger partial charge in [0.25, 0.3) is 0 Å². The molecular formula is C70H137NO5. The Bertz CT molecular complexity index is 1140. The molecule has 0 aliphatic rings. The van der Waals surface area contributed by atoms with Gasteiger partial charge in [0.1, 0.15) is 0 Å². The largest absolute Gasteiger partial charge is 0.466 e. The van der Waals surface area contributed by atoms with Gasteiger partial charge in [-0.05, 0) is 51.4 Å². The van der Waals surface area contributed by atoms with Crippen molar-refractivity contribution in [1.82, 2.24) is 5.32 Å². The number of esters is 1. The second-order valence-corrected chi connectivity index (χ2v) is 24.2. The fraction of sp³-hybridized carbons (Fsp3) is 0.943. The lowest BCUT2D eigenvalue weighted by Gasteiger charge is -2.22. The standard InChI is InChI=1S/C70H137NO5/c1-3-5-7-9-11-13-15-17-18-19-20-21-26-29-32-35-39-42-46-50-54-58-62-68(73)67(66-72)71-69(74)63-59-55-51-47-43-40-36-33-30-27-24-22-23-25-28-31-34-37-41-45-49-53-57-61-65-76-70(75)64-60-56-52-48-44-38-16-14-12-10-8-6-4-2/h24,27,67-68,72-73H,3-23,25-26,28-66H2,1-2H3,(H,71,74)/b27-24-. The Hall–Kier alpha value is -1.40. The SMILES string of the molecule is CCCCCCCCCCCCCCCCCCCCCCCCC(O)C(CO)NC(=O)CCCCCCCCCC/C=C\CCCCCCCCCCCCCCOC(=O)CCCCCCCCCCCCCCC. The molecule has 3 N–H and O–H groups in total. The number of carbonyl (C=O) groups is 2. The van der Waals surface area contributed by atoms with Gasteiger partial charge in [-0.1, -0.05) is 347 Å². The fourth-order valence-electron chi connectivity index (χ4n) is 11.2. The van der Waals surface area contributed by atoms with E-state index in [0.717, 1.165) is 38.5 Å². The number of allylic oxidation sites excluding steroid dienone is 2. The van der Waals surface area contributed by atoms with Crippen molar-refractivity contribution in [2.24, 2.45) is 0 Å². The van der Waals surface area contributed by atoms with Crippen LogP contribution >= 0.6 is 0 Å². The van der Waals surface area contributed by atoms with E-state index in [2.05, 4.69) is 31.3 Å². The van der Waals surface area contributed by atoms with Gasteiger partial charge in [-0.3, -0.25) is 9.59 Å². The van der Waals surface area contributed by atoms with Gasteiger partial charge in [-0.15, -0.1) is 0 Å². The minimum atomic E-state index is -0.668. The Morgan fingerprint density at radius 3 is 0.934 bits per heavy atom. The molecule has 0 radical (unpaired) electrons. The zero-order chi connectivity index (χ0) is 55.0. The number of hydrogen-bond donors (Lipinski definition) is 3. The van der Waals surface area contributed by atoms with Gasteiger partial charge in [0.15, 0.2) is 0 Å². The van der Waals surface area contributed by atoms with Crippen LogP contribution < -0.4 is 5.32 Å². The van der Waals surface area contributed by atoms with E-state index in [9.17, 15) is 19.8 Å². The first kappa shape index (κ1) is 74.6. The molecule has 2 atom stereocenters. The average molecular weight is 1070 g/mol. The predicted octanol–water partition coefficient (Wildman–Crippen LogP) is 22.4. The Kier molecular flexibility index (Phi) is 64.9. The Balaban J connectivity index is 3.40. The van der Waals surface area contributed by atoms with Gasteiger partial charge < -0.3 is 20.3 Å². The summed E-state index contributed by atoms with van der Waals surface area (Å²) in [4.78, 5) is 24.6. The fourth-order valence-corrected chi connectivity index (χ4v) is 11.2. The molecule has 0 spiro atoms. The summed E-state index contributed by atoms with van der Waals surface area (Å²) in [5.74, 6) is -0.0194. The van der Waals surface area contributed by atoms with Crippen molar-refractivity contribution in [2.45, 2.75) is 411 Å². The molecule has 0 heterocycles. The highest BCUT2D eigenvalue weighted by atomic mass is 16.5. The monoisotopic (exact) mass is 1070 g/mol. The molecule has 0 aromatic heterocycles. The number of unbranched alkanes of at least 4 members (excludes halogenated alkanes) is 53. The van der Waals surface area contributed by atoms with Gasteiger partial charge >= 0.3 is 5.97 Å². The summed E-state index contributed by atoms with van der Waals surface area (Å²) in [6, 6.07) is -0.545. The lowest BCUT2D eigenvalue weighted by atomic mass is 10.0. The first-order valence-corrected chi connectivity index (χ1v) is 34.9. The summed E-state index contributed by atoms with van der Waals surface area (Å²) in [6.07, 6.45) is 81.1. The molecule has 0 fully saturated rings. The minimum absolute atomic E-state index is 0.0152. The number of nitrogens with one attached hydrogen (secondary N) is 1. The van der Waals surface area contributed by atoms with E-state index in [4.69, 9.17) is 4.74 Å². The van der Waals surface area contributed by atoms with E-state index in [0.29, 0.717) is 25.9 Å². The summed E-state index contributed by atoms with van der Waals surface area (Å²) in [5, 5.41) is 23.4. The Morgan fingerprint density at radius 2 is 0.618 bits per heavy atom. The average Bonchev–Trinajstić information content (AvgIpc) is 3.42. The van der Waals surface area contributed by atoms with Crippen LogP contribution in [0.3, 0.4) is 0 Å². The maximum atomic E-state index is 12.5. The number of hydrogen-bond acceptors (Lipinski definition) is 5. The first-order chi connectivity index (χ1) is 37.5. The third-order valence-electron chi connectivity index (χ3n) is 16.6. The van der Waals surface area contributed by atoms with Crippen LogP contribution in [0.2, 0.25) is 0 Å². The smallest absolute Gasteiger partial charge is 0.305 e. The highest BCUT2D eigenvalue weighted by Gasteiger charge is 2.20. The highest BCUT2D eigenvalue weighted by molar-refractivity contribution is 5.76. The van der Waals surface area contributed by atoms with Crippen LogP contribution in [0.25, 0.3) is 0 Å². The Labute approximate surface area is 476 Å². The molecule has 0 aromatic rings. The van der Waals surface area contributed by atoms with Gasteiger partial charge in [0, 0.05) is 12.8 Å². The third-order valence-corrected chi connectivity index (χ3v) is 16.6. The van der Waals surface area contributed by atoms with E-state index >= 15 is 0 Å². The lowest BCUT2D eigenvalue weighted by molar-refractivity contribution is -0.143. The second kappa shape index (κ2) is 66.1. The maximum absolute atomic E-state index is 12.5. The van der Waals surface area contributed by atoms with Crippen molar-refractivity contribution in [3.05, 3.63) is 12.2 Å². The number of amides is 1. The molecule has 0 aliphatic heterocycles. The van der Waals surface area contributed by atoms with E-state index < -0.39 is 12.1 Å². The molecule has 452 valence electrons. The molecule has 1 amide bonds. The van der Waals surface area contributed by atoms with E-state index in [-0.39, 0.29) is 18.5 Å². The number of carbonyl (C=O) groups excluding carboxylic acids is 2. The van der Waals surface area contributed by atoms with Crippen LogP contribution in [0.4, 0.5) is 0 Å². The van der Waals surface area contributed by atoms with Gasteiger partial charge in [0.05, 0.1) is 25.4 Å². The van der Waals surface area contributed by atoms with Crippen LogP contribution in [0.15, 0.2) is 12.2 Å². The second-order valence-electron chi connectivity index (χ2n) is 24.2. The minimum Gasteiger partial charge on any atom is -0.466 e. The topological polar surface area (TPSA) is 95.9 Å². The zero-order valence-corrected chi connectivity index (χ0v) is 51.8. The predicted molar refractivity (Wildman–Crippen MR) is 333 cm³/mol. The number of aliphatic hydroxyl groups is 2. The van der Waals surface area contributed by atoms with Crippen molar-refractivity contribution < 1.29 is 24.5 Å². The van der Waals surface area contributed by atoms with Gasteiger partial charge in [0.2, 0.25) is 5.91 Å². The van der Waals surface area contributed by atoms with Crippen molar-refractivity contribution in [3.8, 4) is 0 Å². The molecular weight excluding hydrogens is 935 g/mol. The zero-order valence-electron chi connectivity index (χ0n) is 51.8. The highest BCUT2D eigenvalue weighted by Crippen LogP contribution is 2.19. The van der Waals surface area contributed by atoms with E-state index in [1.165, 1.54) is 327 Å². The van der Waals surface area contributed by atoms with Crippen molar-refractivity contribution >= 4 is 11.9 Å². The molecule has 2 unspecified atom stereocenters. The molecule has 6 heteroatoms. The molecule has 0 saturated heterocycles. The lowest BCUT2D eigenvalue weighted by Crippen LogP contribution is -2.45. The molecule has 0 aromatic carbocycles. The number of aliphatic hydroxyl groups excluding tert-OH is 2.